The fraction of sp³-hybridized carbons (Fsp3) is 0.375. The van der Waals surface area contributed by atoms with E-state index in [0.717, 1.165) is 19.4 Å². The van der Waals surface area contributed by atoms with Crippen LogP contribution in [-0.4, -0.2) is 30.4 Å². The lowest BCUT2D eigenvalue weighted by Crippen LogP contribution is -2.17. The molecule has 0 bridgehead atoms. The Morgan fingerprint density at radius 3 is 3.09 bits per heavy atom. The molecule has 1 aromatic carbocycles. The van der Waals surface area contributed by atoms with Crippen molar-refractivity contribution in [3.63, 3.8) is 0 Å². The summed E-state index contributed by atoms with van der Waals surface area (Å²) in [5, 5.41) is 6.42. The molecule has 0 radical (unpaired) electrons. The number of aromatic nitrogens is 1. The number of carbonyl (C=O) groups is 1. The molecule has 0 aliphatic carbocycles. The molecule has 1 fully saturated rings. The van der Waals surface area contributed by atoms with Gasteiger partial charge in [-0.3, -0.25) is 4.79 Å². The van der Waals surface area contributed by atoms with Gasteiger partial charge in [0, 0.05) is 18.2 Å². The van der Waals surface area contributed by atoms with Gasteiger partial charge in [-0.2, -0.15) is 0 Å². The first-order chi connectivity index (χ1) is 10.7. The van der Waals surface area contributed by atoms with E-state index in [1.54, 1.807) is 31.2 Å². The molecule has 1 aliphatic rings. The Morgan fingerprint density at radius 2 is 2.36 bits per heavy atom. The molecular weight excluding hydrogens is 284 g/mol. The third kappa shape index (κ3) is 3.65. The van der Waals surface area contributed by atoms with Gasteiger partial charge in [0.05, 0.1) is 6.10 Å². The highest BCUT2D eigenvalue weighted by Crippen LogP contribution is 2.18. The average molecular weight is 302 g/mol. The van der Waals surface area contributed by atoms with Crippen molar-refractivity contribution >= 4 is 11.7 Å². The third-order valence-corrected chi connectivity index (χ3v) is 3.43. The molecule has 1 amide bonds. The molecule has 1 atom stereocenters. The van der Waals surface area contributed by atoms with E-state index >= 15 is 0 Å². The van der Waals surface area contributed by atoms with Crippen LogP contribution in [-0.2, 0) is 4.74 Å². The molecule has 1 N–H and O–H groups in total. The molecular formula is C16H18N2O4. The van der Waals surface area contributed by atoms with Crippen molar-refractivity contribution in [3.8, 4) is 5.75 Å². The monoisotopic (exact) mass is 302 g/mol. The fourth-order valence-corrected chi connectivity index (χ4v) is 2.31. The summed E-state index contributed by atoms with van der Waals surface area (Å²) in [6, 6.07) is 8.70. The summed E-state index contributed by atoms with van der Waals surface area (Å²) < 4.78 is 16.1. The second-order valence-corrected chi connectivity index (χ2v) is 5.25. The maximum absolute atomic E-state index is 12.2. The van der Waals surface area contributed by atoms with Gasteiger partial charge in [0.1, 0.15) is 18.1 Å². The standard InChI is InChI=1S/C16H18N2O4/c1-11-8-15(18-22-11)17-16(19)12-4-2-5-13(9-12)21-10-14-6-3-7-20-14/h2,4-5,8-9,14H,3,6-7,10H2,1H3,(H,17,18,19)/t14-/m1/s1. The number of ether oxygens (including phenoxy) is 2. The molecule has 2 aromatic rings. The van der Waals surface area contributed by atoms with E-state index in [1.807, 2.05) is 6.07 Å². The summed E-state index contributed by atoms with van der Waals surface area (Å²) in [6.07, 6.45) is 2.25. The van der Waals surface area contributed by atoms with Gasteiger partial charge >= 0.3 is 0 Å². The number of nitrogens with one attached hydrogen (secondary N) is 1. The van der Waals surface area contributed by atoms with Gasteiger partial charge in [-0.05, 0) is 38.0 Å². The van der Waals surface area contributed by atoms with Crippen molar-refractivity contribution in [2.24, 2.45) is 0 Å². The fourth-order valence-electron chi connectivity index (χ4n) is 2.31. The molecule has 0 spiro atoms. The van der Waals surface area contributed by atoms with E-state index in [9.17, 15) is 4.79 Å². The number of carbonyl (C=O) groups excluding carboxylic acids is 1. The Hall–Kier alpha value is -2.34. The number of hydrogen-bond acceptors (Lipinski definition) is 5. The Morgan fingerprint density at radius 1 is 1.45 bits per heavy atom. The normalized spacial score (nSPS) is 17.4. The van der Waals surface area contributed by atoms with Crippen LogP contribution in [0.1, 0.15) is 29.0 Å². The summed E-state index contributed by atoms with van der Waals surface area (Å²) in [6.45, 7) is 3.07. The summed E-state index contributed by atoms with van der Waals surface area (Å²) >= 11 is 0. The third-order valence-electron chi connectivity index (χ3n) is 3.43. The Balaban J connectivity index is 1.61. The van der Waals surface area contributed by atoms with Gasteiger partial charge in [-0.15, -0.1) is 0 Å². The second-order valence-electron chi connectivity index (χ2n) is 5.25. The number of nitrogens with zero attached hydrogens (tertiary/aromatic N) is 1. The zero-order chi connectivity index (χ0) is 15.4. The summed E-state index contributed by atoms with van der Waals surface area (Å²) in [4.78, 5) is 12.2. The number of rotatable bonds is 5. The second kappa shape index (κ2) is 6.62. The van der Waals surface area contributed by atoms with Crippen molar-refractivity contribution in [1.82, 2.24) is 5.16 Å². The molecule has 0 unspecified atom stereocenters. The number of anilines is 1. The van der Waals surface area contributed by atoms with Crippen molar-refractivity contribution < 1.29 is 18.8 Å². The lowest BCUT2D eigenvalue weighted by molar-refractivity contribution is 0.0679. The van der Waals surface area contributed by atoms with Crippen LogP contribution in [0.2, 0.25) is 0 Å². The Labute approximate surface area is 128 Å². The van der Waals surface area contributed by atoms with E-state index in [-0.39, 0.29) is 12.0 Å². The quantitative estimate of drug-likeness (QED) is 0.919. The van der Waals surface area contributed by atoms with Gasteiger partial charge in [-0.25, -0.2) is 0 Å². The van der Waals surface area contributed by atoms with Gasteiger partial charge in [0.25, 0.3) is 5.91 Å². The highest BCUT2D eigenvalue weighted by Gasteiger charge is 2.16. The Kier molecular flexibility index (Phi) is 4.39. The van der Waals surface area contributed by atoms with E-state index < -0.39 is 0 Å². The molecule has 2 heterocycles. The largest absolute Gasteiger partial charge is 0.491 e. The minimum Gasteiger partial charge on any atom is -0.491 e. The first-order valence-corrected chi connectivity index (χ1v) is 7.30. The Bertz CT molecular complexity index is 647. The van der Waals surface area contributed by atoms with E-state index in [2.05, 4.69) is 10.5 Å². The zero-order valence-corrected chi connectivity index (χ0v) is 12.4. The van der Waals surface area contributed by atoms with Crippen molar-refractivity contribution in [1.29, 1.82) is 0 Å². The van der Waals surface area contributed by atoms with Crippen LogP contribution in [0.25, 0.3) is 0 Å². The highest BCUT2D eigenvalue weighted by molar-refractivity contribution is 6.03. The predicted molar refractivity (Wildman–Crippen MR) is 80.1 cm³/mol. The first kappa shape index (κ1) is 14.6. The van der Waals surface area contributed by atoms with Crippen LogP contribution in [0.15, 0.2) is 34.9 Å². The van der Waals surface area contributed by atoms with Crippen molar-refractivity contribution in [3.05, 3.63) is 41.7 Å². The molecule has 116 valence electrons. The molecule has 6 nitrogen and oxygen atoms in total. The number of amides is 1. The maximum atomic E-state index is 12.2. The van der Waals surface area contributed by atoms with Crippen LogP contribution in [0, 0.1) is 6.92 Å². The van der Waals surface area contributed by atoms with E-state index in [1.165, 1.54) is 0 Å². The summed E-state index contributed by atoms with van der Waals surface area (Å²) in [5.74, 6) is 1.44. The maximum Gasteiger partial charge on any atom is 0.257 e. The molecule has 1 aromatic heterocycles. The van der Waals surface area contributed by atoms with Gasteiger partial charge in [-0.1, -0.05) is 11.2 Å². The van der Waals surface area contributed by atoms with Gasteiger partial charge in [0.15, 0.2) is 5.82 Å². The summed E-state index contributed by atoms with van der Waals surface area (Å²) in [5.41, 5.74) is 0.505. The minimum atomic E-state index is -0.254. The number of benzene rings is 1. The van der Waals surface area contributed by atoms with Crippen LogP contribution in [0.3, 0.4) is 0 Å². The van der Waals surface area contributed by atoms with Crippen molar-refractivity contribution in [2.75, 3.05) is 18.5 Å². The highest BCUT2D eigenvalue weighted by atomic mass is 16.5. The molecule has 6 heteroatoms. The molecule has 22 heavy (non-hydrogen) atoms. The topological polar surface area (TPSA) is 73.6 Å². The van der Waals surface area contributed by atoms with E-state index in [0.29, 0.717) is 29.5 Å². The van der Waals surface area contributed by atoms with Gasteiger partial charge < -0.3 is 19.3 Å². The van der Waals surface area contributed by atoms with Crippen LogP contribution in [0.4, 0.5) is 5.82 Å². The number of aryl methyl sites for hydroxylation is 1. The summed E-state index contributed by atoms with van der Waals surface area (Å²) in [7, 11) is 0. The molecule has 1 saturated heterocycles. The van der Waals surface area contributed by atoms with Crippen LogP contribution < -0.4 is 10.1 Å². The smallest absolute Gasteiger partial charge is 0.257 e. The molecule has 0 saturated carbocycles. The molecule has 1 aliphatic heterocycles. The van der Waals surface area contributed by atoms with Crippen LogP contribution >= 0.6 is 0 Å². The SMILES string of the molecule is Cc1cc(NC(=O)c2cccc(OC[C@H]3CCCO3)c2)no1. The first-order valence-electron chi connectivity index (χ1n) is 7.30. The lowest BCUT2D eigenvalue weighted by Gasteiger charge is -2.12. The zero-order valence-electron chi connectivity index (χ0n) is 12.4. The van der Waals surface area contributed by atoms with Crippen molar-refractivity contribution in [2.45, 2.75) is 25.9 Å². The number of hydrogen-bond donors (Lipinski definition) is 1. The average Bonchev–Trinajstić information content (AvgIpc) is 3.17. The molecule has 3 rings (SSSR count). The predicted octanol–water partition coefficient (Wildman–Crippen LogP) is 2.79. The van der Waals surface area contributed by atoms with Gasteiger partial charge in [0.2, 0.25) is 0 Å². The minimum absolute atomic E-state index is 0.149. The van der Waals surface area contributed by atoms with Crippen LogP contribution in [0.5, 0.6) is 5.75 Å². The lowest BCUT2D eigenvalue weighted by atomic mass is 10.2. The van der Waals surface area contributed by atoms with E-state index in [4.69, 9.17) is 14.0 Å².